The average Bonchev–Trinajstić information content (AvgIpc) is 2.95. The summed E-state index contributed by atoms with van der Waals surface area (Å²) in [4.78, 5) is 15.4. The summed E-state index contributed by atoms with van der Waals surface area (Å²) in [6.07, 6.45) is 0. The molecule has 1 unspecified atom stereocenters. The monoisotopic (exact) mass is 344 g/mol. The SMILES string of the molecule is COc1cc(C2=NC(C(=O)NO)CO2)cc(Br)c1OC. The lowest BCUT2D eigenvalue weighted by molar-refractivity contribution is -0.130. The lowest BCUT2D eigenvalue weighted by Gasteiger charge is -2.11. The van der Waals surface area contributed by atoms with Crippen molar-refractivity contribution in [3.05, 3.63) is 22.2 Å². The van der Waals surface area contributed by atoms with E-state index in [2.05, 4.69) is 20.9 Å². The van der Waals surface area contributed by atoms with E-state index < -0.39 is 11.9 Å². The summed E-state index contributed by atoms with van der Waals surface area (Å²) in [5.74, 6) is 0.762. The Kier molecular flexibility index (Phi) is 4.46. The van der Waals surface area contributed by atoms with Crippen LogP contribution < -0.4 is 15.0 Å². The van der Waals surface area contributed by atoms with Gasteiger partial charge in [-0.05, 0) is 28.1 Å². The van der Waals surface area contributed by atoms with E-state index in [1.165, 1.54) is 14.2 Å². The van der Waals surface area contributed by atoms with Crippen LogP contribution in [0.5, 0.6) is 11.5 Å². The fraction of sp³-hybridized carbons (Fsp3) is 0.333. The first kappa shape index (κ1) is 14.6. The summed E-state index contributed by atoms with van der Waals surface area (Å²) >= 11 is 3.37. The molecule has 0 radical (unpaired) electrons. The van der Waals surface area contributed by atoms with Gasteiger partial charge in [0.1, 0.15) is 6.61 Å². The van der Waals surface area contributed by atoms with Crippen molar-refractivity contribution in [2.75, 3.05) is 20.8 Å². The van der Waals surface area contributed by atoms with E-state index in [9.17, 15) is 4.79 Å². The molecule has 108 valence electrons. The van der Waals surface area contributed by atoms with Gasteiger partial charge in [0.05, 0.1) is 18.7 Å². The molecule has 2 N–H and O–H groups in total. The third kappa shape index (κ3) is 2.70. The minimum Gasteiger partial charge on any atom is -0.493 e. The number of nitrogens with one attached hydrogen (secondary N) is 1. The van der Waals surface area contributed by atoms with Crippen molar-refractivity contribution in [2.24, 2.45) is 4.99 Å². The molecule has 0 aromatic heterocycles. The standard InChI is InChI=1S/C12H13BrN2O5/c1-18-9-4-6(3-7(13)10(9)19-2)12-14-8(5-20-12)11(16)15-17/h3-4,8,17H,5H2,1-2H3,(H,15,16). The number of hydrogen-bond acceptors (Lipinski definition) is 6. The molecule has 1 atom stereocenters. The summed E-state index contributed by atoms with van der Waals surface area (Å²) < 4.78 is 16.5. The minimum atomic E-state index is -0.762. The number of hydroxylamine groups is 1. The fourth-order valence-corrected chi connectivity index (χ4v) is 2.39. The van der Waals surface area contributed by atoms with E-state index >= 15 is 0 Å². The van der Waals surface area contributed by atoms with E-state index in [4.69, 9.17) is 19.4 Å². The molecule has 0 bridgehead atoms. The van der Waals surface area contributed by atoms with Crippen LogP contribution in [0, 0.1) is 0 Å². The Morgan fingerprint density at radius 2 is 2.25 bits per heavy atom. The van der Waals surface area contributed by atoms with Crippen LogP contribution in [0.4, 0.5) is 0 Å². The van der Waals surface area contributed by atoms with Gasteiger partial charge in [-0.2, -0.15) is 0 Å². The first-order chi connectivity index (χ1) is 9.60. The number of ether oxygens (including phenoxy) is 3. The number of hydrogen-bond donors (Lipinski definition) is 2. The van der Waals surface area contributed by atoms with Crippen molar-refractivity contribution in [1.82, 2.24) is 5.48 Å². The highest BCUT2D eigenvalue weighted by atomic mass is 79.9. The number of halogens is 1. The maximum absolute atomic E-state index is 11.3. The van der Waals surface area contributed by atoms with Crippen molar-refractivity contribution in [1.29, 1.82) is 0 Å². The Morgan fingerprint density at radius 3 is 2.85 bits per heavy atom. The zero-order chi connectivity index (χ0) is 14.7. The van der Waals surface area contributed by atoms with E-state index in [1.54, 1.807) is 17.6 Å². The average molecular weight is 345 g/mol. The lowest BCUT2D eigenvalue weighted by atomic mass is 10.2. The van der Waals surface area contributed by atoms with Gasteiger partial charge in [-0.25, -0.2) is 10.5 Å². The number of rotatable bonds is 4. The first-order valence-corrected chi connectivity index (χ1v) is 6.46. The summed E-state index contributed by atoms with van der Waals surface area (Å²) in [6.45, 7) is 0.0771. The van der Waals surface area contributed by atoms with Gasteiger partial charge in [0.15, 0.2) is 17.5 Å². The highest BCUT2D eigenvalue weighted by Gasteiger charge is 2.27. The van der Waals surface area contributed by atoms with Gasteiger partial charge in [-0.3, -0.25) is 10.0 Å². The molecule has 7 nitrogen and oxygen atoms in total. The summed E-state index contributed by atoms with van der Waals surface area (Å²) in [7, 11) is 3.06. The molecule has 0 saturated heterocycles. The van der Waals surface area contributed by atoms with Crippen LogP contribution in [-0.2, 0) is 9.53 Å². The van der Waals surface area contributed by atoms with Crippen LogP contribution in [0.2, 0.25) is 0 Å². The number of methoxy groups -OCH3 is 2. The number of nitrogens with zero attached hydrogens (tertiary/aromatic N) is 1. The van der Waals surface area contributed by atoms with Crippen molar-refractivity contribution in [3.8, 4) is 11.5 Å². The molecule has 0 aliphatic carbocycles. The largest absolute Gasteiger partial charge is 0.493 e. The van der Waals surface area contributed by atoms with Crippen molar-refractivity contribution >= 4 is 27.7 Å². The maximum atomic E-state index is 11.3. The quantitative estimate of drug-likeness (QED) is 0.631. The van der Waals surface area contributed by atoms with E-state index in [0.29, 0.717) is 27.4 Å². The van der Waals surface area contributed by atoms with Crippen LogP contribution >= 0.6 is 15.9 Å². The Hall–Kier alpha value is -1.80. The molecule has 20 heavy (non-hydrogen) atoms. The Morgan fingerprint density at radius 1 is 1.50 bits per heavy atom. The summed E-state index contributed by atoms with van der Waals surface area (Å²) in [6, 6.07) is 2.68. The molecule has 1 aromatic carbocycles. The Balaban J connectivity index is 2.35. The van der Waals surface area contributed by atoms with E-state index in [1.807, 2.05) is 0 Å². The molecule has 2 rings (SSSR count). The molecule has 1 heterocycles. The molecule has 1 amide bonds. The van der Waals surface area contributed by atoms with Crippen molar-refractivity contribution < 1.29 is 24.2 Å². The second-order valence-electron chi connectivity index (χ2n) is 3.93. The van der Waals surface area contributed by atoms with Gasteiger partial charge in [-0.15, -0.1) is 0 Å². The van der Waals surface area contributed by atoms with Crippen molar-refractivity contribution in [3.63, 3.8) is 0 Å². The third-order valence-electron chi connectivity index (χ3n) is 2.74. The lowest BCUT2D eigenvalue weighted by Crippen LogP contribution is -2.31. The van der Waals surface area contributed by atoms with Gasteiger partial charge in [0, 0.05) is 5.56 Å². The molecule has 0 saturated carbocycles. The van der Waals surface area contributed by atoms with Gasteiger partial charge < -0.3 is 14.2 Å². The number of amides is 1. The van der Waals surface area contributed by atoms with E-state index in [-0.39, 0.29) is 6.61 Å². The predicted molar refractivity (Wildman–Crippen MR) is 73.5 cm³/mol. The van der Waals surface area contributed by atoms with Gasteiger partial charge in [0.25, 0.3) is 5.91 Å². The molecule has 0 spiro atoms. The molecule has 8 heteroatoms. The number of carbonyl (C=O) groups is 1. The Bertz CT molecular complexity index is 561. The zero-order valence-corrected chi connectivity index (χ0v) is 12.4. The van der Waals surface area contributed by atoms with Crippen LogP contribution in [0.15, 0.2) is 21.6 Å². The zero-order valence-electron chi connectivity index (χ0n) is 10.8. The van der Waals surface area contributed by atoms with Crippen LogP contribution in [0.25, 0.3) is 0 Å². The number of carbonyl (C=O) groups excluding carboxylic acids is 1. The normalized spacial score (nSPS) is 17.2. The van der Waals surface area contributed by atoms with E-state index in [0.717, 1.165) is 0 Å². The molecular formula is C12H13BrN2O5. The van der Waals surface area contributed by atoms with Crippen LogP contribution in [0.3, 0.4) is 0 Å². The first-order valence-electron chi connectivity index (χ1n) is 5.67. The smallest absolute Gasteiger partial charge is 0.271 e. The molecule has 0 fully saturated rings. The van der Waals surface area contributed by atoms with Gasteiger partial charge >= 0.3 is 0 Å². The maximum Gasteiger partial charge on any atom is 0.271 e. The van der Waals surface area contributed by atoms with Gasteiger partial charge in [-0.1, -0.05) is 0 Å². The summed E-state index contributed by atoms with van der Waals surface area (Å²) in [5.41, 5.74) is 2.19. The van der Waals surface area contributed by atoms with Crippen molar-refractivity contribution in [2.45, 2.75) is 6.04 Å². The minimum absolute atomic E-state index is 0.0771. The highest BCUT2D eigenvalue weighted by Crippen LogP contribution is 2.36. The predicted octanol–water partition coefficient (Wildman–Crippen LogP) is 1.12. The second kappa shape index (κ2) is 6.10. The second-order valence-corrected chi connectivity index (χ2v) is 4.79. The molecule has 1 aromatic rings. The molecule has 1 aliphatic rings. The Labute approximate surface area is 123 Å². The molecular weight excluding hydrogens is 332 g/mol. The van der Waals surface area contributed by atoms with Crippen LogP contribution in [0.1, 0.15) is 5.56 Å². The molecule has 1 aliphatic heterocycles. The number of benzene rings is 1. The van der Waals surface area contributed by atoms with Crippen LogP contribution in [-0.4, -0.2) is 43.9 Å². The number of aliphatic imine (C=N–C) groups is 1. The van der Waals surface area contributed by atoms with Gasteiger partial charge in [0.2, 0.25) is 5.90 Å². The fourth-order valence-electron chi connectivity index (χ4n) is 1.78. The summed E-state index contributed by atoms with van der Waals surface area (Å²) in [5, 5.41) is 8.58. The topological polar surface area (TPSA) is 89.4 Å². The highest BCUT2D eigenvalue weighted by molar-refractivity contribution is 9.10. The third-order valence-corrected chi connectivity index (χ3v) is 3.33.